The van der Waals surface area contributed by atoms with Crippen LogP contribution in [0.15, 0.2) is 41.3 Å². The van der Waals surface area contributed by atoms with E-state index in [1.54, 1.807) is 18.5 Å². The minimum Gasteiger partial charge on any atom is -0.361 e. The quantitative estimate of drug-likeness (QED) is 0.597. The number of aromatic nitrogens is 4. The highest BCUT2D eigenvalue weighted by Crippen LogP contribution is 2.37. The molecule has 1 aliphatic heterocycles. The zero-order valence-electron chi connectivity index (χ0n) is 18.3. The maximum absolute atomic E-state index is 13.4. The number of aryl methyl sites for hydroxylation is 1. The molecule has 162 valence electrons. The third-order valence-corrected chi connectivity index (χ3v) is 5.55. The summed E-state index contributed by atoms with van der Waals surface area (Å²) in [4.78, 5) is 30.7. The van der Waals surface area contributed by atoms with Crippen molar-refractivity contribution in [2.75, 3.05) is 25.5 Å². The van der Waals surface area contributed by atoms with Gasteiger partial charge in [-0.05, 0) is 43.4 Å². The molecule has 3 aromatic rings. The van der Waals surface area contributed by atoms with Gasteiger partial charge in [0.1, 0.15) is 5.76 Å². The molecule has 1 saturated heterocycles. The summed E-state index contributed by atoms with van der Waals surface area (Å²) in [5.74, 6) is 1.26. The standard InChI is InChI=1S/C23H28N6O2/c1-4-7-17-14-19(27-31-17)22(30)29-13-6-5-8-20(29)21-18(16-9-11-24-12-10-16)15-25-23(26-21)28(2)3/h9-12,14-15,20H,4-8,13H2,1-3H3/t20-/m0/s1. The maximum Gasteiger partial charge on any atom is 0.276 e. The van der Waals surface area contributed by atoms with Crippen LogP contribution in [0.2, 0.25) is 0 Å². The van der Waals surface area contributed by atoms with Gasteiger partial charge in [-0.3, -0.25) is 9.78 Å². The van der Waals surface area contributed by atoms with Crippen molar-refractivity contribution >= 4 is 11.9 Å². The van der Waals surface area contributed by atoms with Crippen molar-refractivity contribution in [1.82, 2.24) is 25.0 Å². The largest absolute Gasteiger partial charge is 0.361 e. The van der Waals surface area contributed by atoms with Crippen LogP contribution < -0.4 is 4.90 Å². The van der Waals surface area contributed by atoms with Gasteiger partial charge in [0, 0.05) is 57.3 Å². The lowest BCUT2D eigenvalue weighted by molar-refractivity contribution is 0.0596. The molecule has 1 fully saturated rings. The van der Waals surface area contributed by atoms with E-state index < -0.39 is 0 Å². The average Bonchev–Trinajstić information content (AvgIpc) is 3.27. The van der Waals surface area contributed by atoms with E-state index in [9.17, 15) is 4.79 Å². The number of nitrogens with zero attached hydrogens (tertiary/aromatic N) is 6. The summed E-state index contributed by atoms with van der Waals surface area (Å²) in [7, 11) is 3.83. The van der Waals surface area contributed by atoms with Crippen LogP contribution >= 0.6 is 0 Å². The van der Waals surface area contributed by atoms with Gasteiger partial charge in [0.25, 0.3) is 5.91 Å². The van der Waals surface area contributed by atoms with Crippen LogP contribution in [0.25, 0.3) is 11.1 Å². The topological polar surface area (TPSA) is 88.3 Å². The minimum atomic E-state index is -0.155. The van der Waals surface area contributed by atoms with Crippen LogP contribution in [-0.2, 0) is 6.42 Å². The third-order valence-electron chi connectivity index (χ3n) is 5.55. The molecule has 8 heteroatoms. The molecule has 4 rings (SSSR count). The normalized spacial score (nSPS) is 16.4. The first-order chi connectivity index (χ1) is 15.1. The summed E-state index contributed by atoms with van der Waals surface area (Å²) in [6.07, 6.45) is 9.91. The highest BCUT2D eigenvalue weighted by atomic mass is 16.5. The number of carbonyl (C=O) groups excluding carboxylic acids is 1. The second-order valence-electron chi connectivity index (χ2n) is 8.04. The molecule has 0 radical (unpaired) electrons. The van der Waals surface area contributed by atoms with E-state index in [2.05, 4.69) is 22.0 Å². The second-order valence-corrected chi connectivity index (χ2v) is 8.04. The van der Waals surface area contributed by atoms with Crippen molar-refractivity contribution in [3.05, 3.63) is 53.9 Å². The first kappa shape index (κ1) is 21.0. The van der Waals surface area contributed by atoms with Gasteiger partial charge in [0.2, 0.25) is 5.95 Å². The number of hydrogen-bond acceptors (Lipinski definition) is 7. The van der Waals surface area contributed by atoms with Gasteiger partial charge in [0.05, 0.1) is 11.7 Å². The maximum atomic E-state index is 13.4. The first-order valence-corrected chi connectivity index (χ1v) is 10.8. The van der Waals surface area contributed by atoms with E-state index >= 15 is 0 Å². The molecule has 8 nitrogen and oxygen atoms in total. The van der Waals surface area contributed by atoms with Crippen LogP contribution in [0.5, 0.6) is 0 Å². The van der Waals surface area contributed by atoms with E-state index in [0.717, 1.165) is 54.7 Å². The fourth-order valence-electron chi connectivity index (χ4n) is 3.99. The van der Waals surface area contributed by atoms with E-state index in [0.29, 0.717) is 18.2 Å². The van der Waals surface area contributed by atoms with E-state index in [4.69, 9.17) is 9.51 Å². The Balaban J connectivity index is 1.74. The summed E-state index contributed by atoms with van der Waals surface area (Å²) < 4.78 is 5.36. The van der Waals surface area contributed by atoms with Crippen LogP contribution in [0, 0.1) is 0 Å². The van der Waals surface area contributed by atoms with E-state index in [1.165, 1.54) is 0 Å². The van der Waals surface area contributed by atoms with E-state index in [-0.39, 0.29) is 11.9 Å². The highest BCUT2D eigenvalue weighted by Gasteiger charge is 2.33. The van der Waals surface area contributed by atoms with Gasteiger partial charge in [0.15, 0.2) is 5.69 Å². The fourth-order valence-corrected chi connectivity index (χ4v) is 3.99. The Labute approximate surface area is 182 Å². The van der Waals surface area contributed by atoms with Crippen LogP contribution in [0.4, 0.5) is 5.95 Å². The van der Waals surface area contributed by atoms with Crippen molar-refractivity contribution < 1.29 is 9.32 Å². The molecule has 0 saturated carbocycles. The Morgan fingerprint density at radius 3 is 2.81 bits per heavy atom. The monoisotopic (exact) mass is 420 g/mol. The van der Waals surface area contributed by atoms with Gasteiger partial charge in [-0.2, -0.15) is 0 Å². The molecule has 1 atom stereocenters. The van der Waals surface area contributed by atoms with E-state index in [1.807, 2.05) is 42.2 Å². The molecule has 4 heterocycles. The molecule has 1 amide bonds. The highest BCUT2D eigenvalue weighted by molar-refractivity contribution is 5.92. The number of anilines is 1. The molecule has 1 aliphatic rings. The van der Waals surface area contributed by atoms with Crippen LogP contribution in [-0.4, -0.2) is 51.6 Å². The Morgan fingerprint density at radius 1 is 1.26 bits per heavy atom. The predicted octanol–water partition coefficient (Wildman–Crippen LogP) is 3.91. The lowest BCUT2D eigenvalue weighted by Crippen LogP contribution is -2.39. The zero-order valence-corrected chi connectivity index (χ0v) is 18.3. The summed E-state index contributed by atoms with van der Waals surface area (Å²) in [6, 6.07) is 5.51. The second kappa shape index (κ2) is 9.24. The third kappa shape index (κ3) is 4.42. The molecule has 0 aliphatic carbocycles. The van der Waals surface area contributed by atoms with Gasteiger partial charge >= 0.3 is 0 Å². The number of carbonyl (C=O) groups is 1. The molecular weight excluding hydrogens is 392 g/mol. The van der Waals surface area contributed by atoms with Gasteiger partial charge in [-0.1, -0.05) is 12.1 Å². The Hall–Kier alpha value is -3.29. The van der Waals surface area contributed by atoms with Crippen LogP contribution in [0.3, 0.4) is 0 Å². The van der Waals surface area contributed by atoms with Crippen LogP contribution in [0.1, 0.15) is 60.6 Å². The zero-order chi connectivity index (χ0) is 21.8. The Bertz CT molecular complexity index is 1030. The van der Waals surface area contributed by atoms with Gasteiger partial charge < -0.3 is 14.3 Å². The Kier molecular flexibility index (Phi) is 6.25. The lowest BCUT2D eigenvalue weighted by atomic mass is 9.94. The fraction of sp³-hybridized carbons (Fsp3) is 0.435. The Morgan fingerprint density at radius 2 is 2.06 bits per heavy atom. The molecule has 3 aromatic heterocycles. The molecule has 0 N–H and O–H groups in total. The molecule has 0 bridgehead atoms. The molecule has 0 aromatic carbocycles. The molecular formula is C23H28N6O2. The number of rotatable bonds is 6. The summed E-state index contributed by atoms with van der Waals surface area (Å²) in [6.45, 7) is 2.74. The van der Waals surface area contributed by atoms with Crippen molar-refractivity contribution in [1.29, 1.82) is 0 Å². The summed E-state index contributed by atoms with van der Waals surface area (Å²) in [5, 5.41) is 4.05. The smallest absolute Gasteiger partial charge is 0.276 e. The molecule has 0 unspecified atom stereocenters. The number of pyridine rings is 1. The number of hydrogen-bond donors (Lipinski definition) is 0. The minimum absolute atomic E-state index is 0.110. The SMILES string of the molecule is CCCc1cc(C(=O)N2CCCC[C@H]2c2nc(N(C)C)ncc2-c2ccncc2)no1. The molecule has 0 spiro atoms. The van der Waals surface area contributed by atoms with Gasteiger partial charge in [-0.25, -0.2) is 9.97 Å². The van der Waals surface area contributed by atoms with Crippen molar-refractivity contribution in [3.8, 4) is 11.1 Å². The predicted molar refractivity (Wildman–Crippen MR) is 118 cm³/mol. The van der Waals surface area contributed by atoms with Gasteiger partial charge in [-0.15, -0.1) is 0 Å². The van der Waals surface area contributed by atoms with Crippen molar-refractivity contribution in [2.24, 2.45) is 0 Å². The molecule has 31 heavy (non-hydrogen) atoms. The number of piperidine rings is 1. The van der Waals surface area contributed by atoms with Crippen molar-refractivity contribution in [2.45, 2.75) is 45.1 Å². The number of amides is 1. The summed E-state index contributed by atoms with van der Waals surface area (Å²) >= 11 is 0. The van der Waals surface area contributed by atoms with Crippen molar-refractivity contribution in [3.63, 3.8) is 0 Å². The number of likely N-dealkylation sites (tertiary alicyclic amines) is 1. The lowest BCUT2D eigenvalue weighted by Gasteiger charge is -2.36. The average molecular weight is 421 g/mol. The first-order valence-electron chi connectivity index (χ1n) is 10.8. The summed E-state index contributed by atoms with van der Waals surface area (Å²) in [5.41, 5.74) is 3.13.